The summed E-state index contributed by atoms with van der Waals surface area (Å²) in [5, 5.41) is 48.9. The second kappa shape index (κ2) is 13.0. The highest BCUT2D eigenvalue weighted by Crippen LogP contribution is 2.39. The number of carbonyl (C=O) groups is 2. The minimum absolute atomic E-state index is 0.261. The molecular formula is C28H18F6N6O8. The maximum absolute atomic E-state index is 13.8. The monoisotopic (exact) mass is 680 g/mol. The molecule has 4 aromatic rings. The van der Waals surface area contributed by atoms with E-state index in [9.17, 15) is 66.4 Å². The number of anilines is 4. The molecule has 0 aromatic heterocycles. The van der Waals surface area contributed by atoms with Crippen LogP contribution in [0, 0.1) is 20.2 Å². The van der Waals surface area contributed by atoms with E-state index < -0.39 is 79.6 Å². The lowest BCUT2D eigenvalue weighted by Crippen LogP contribution is -2.54. The quantitative estimate of drug-likeness (QED) is 0.0907. The topological polar surface area (TPSA) is 191 Å². The standard InChI is InChI=1S/C28H18F6N6O8/c29-27(30,31)15-1-5-17(6-2-15)35-25(43)37(21-11-9-19(39(45)46)13-23(21)41)38(22-12-10-20(40(47)48)14-24(22)42)26(44)36-18-7-3-16(4-8-18)28(32,33)34/h1-14,41-42H,(H,35,43)(H,36,44). The van der Waals surface area contributed by atoms with Gasteiger partial charge < -0.3 is 20.8 Å². The van der Waals surface area contributed by atoms with Crippen LogP contribution in [-0.2, 0) is 12.4 Å². The van der Waals surface area contributed by atoms with Gasteiger partial charge in [-0.2, -0.15) is 36.4 Å². The molecule has 4 aromatic carbocycles. The van der Waals surface area contributed by atoms with Gasteiger partial charge in [-0.05, 0) is 60.7 Å². The number of nitro benzene ring substituents is 2. The van der Waals surface area contributed by atoms with Crippen molar-refractivity contribution in [3.63, 3.8) is 0 Å². The highest BCUT2D eigenvalue weighted by atomic mass is 19.4. The fourth-order valence-corrected chi connectivity index (χ4v) is 4.06. The molecule has 250 valence electrons. The number of hydrogen-bond acceptors (Lipinski definition) is 8. The summed E-state index contributed by atoms with van der Waals surface area (Å²) < 4.78 is 78.5. The number of nitrogens with one attached hydrogen (secondary N) is 2. The van der Waals surface area contributed by atoms with Gasteiger partial charge in [0.2, 0.25) is 0 Å². The van der Waals surface area contributed by atoms with Crippen molar-refractivity contribution in [2.45, 2.75) is 12.4 Å². The number of phenolic OH excluding ortho intramolecular Hbond substituents is 2. The van der Waals surface area contributed by atoms with Crippen LogP contribution in [0.3, 0.4) is 0 Å². The number of aromatic hydroxyl groups is 2. The predicted octanol–water partition coefficient (Wildman–Crippen LogP) is 7.64. The first-order valence-electron chi connectivity index (χ1n) is 12.9. The number of amides is 4. The predicted molar refractivity (Wildman–Crippen MR) is 155 cm³/mol. The number of hydrazine groups is 1. The van der Waals surface area contributed by atoms with Crippen molar-refractivity contribution in [2.75, 3.05) is 20.7 Å². The van der Waals surface area contributed by atoms with Gasteiger partial charge in [0.05, 0.1) is 33.1 Å². The summed E-state index contributed by atoms with van der Waals surface area (Å²) in [6.45, 7) is 0. The Bertz CT molecular complexity index is 1750. The minimum atomic E-state index is -4.75. The molecule has 0 bridgehead atoms. The molecule has 48 heavy (non-hydrogen) atoms. The van der Waals surface area contributed by atoms with Crippen LogP contribution in [0.15, 0.2) is 84.9 Å². The van der Waals surface area contributed by atoms with Gasteiger partial charge in [-0.15, -0.1) is 0 Å². The third-order valence-corrected chi connectivity index (χ3v) is 6.31. The van der Waals surface area contributed by atoms with Gasteiger partial charge in [-0.1, -0.05) is 0 Å². The van der Waals surface area contributed by atoms with Crippen LogP contribution in [0.5, 0.6) is 11.5 Å². The Kier molecular flexibility index (Phi) is 9.30. The van der Waals surface area contributed by atoms with E-state index in [0.29, 0.717) is 36.4 Å². The number of rotatable bonds is 6. The van der Waals surface area contributed by atoms with E-state index >= 15 is 0 Å². The lowest BCUT2D eigenvalue weighted by Gasteiger charge is -2.35. The second-order valence-corrected chi connectivity index (χ2v) is 9.49. The van der Waals surface area contributed by atoms with E-state index in [1.165, 1.54) is 0 Å². The first-order valence-corrected chi connectivity index (χ1v) is 12.9. The average molecular weight is 680 g/mol. The van der Waals surface area contributed by atoms with Crippen molar-refractivity contribution < 1.29 is 56.0 Å². The molecule has 0 aliphatic heterocycles. The Morgan fingerprint density at radius 3 is 1.15 bits per heavy atom. The number of urea groups is 2. The number of benzene rings is 4. The van der Waals surface area contributed by atoms with E-state index in [-0.39, 0.29) is 21.4 Å². The molecule has 0 saturated carbocycles. The maximum Gasteiger partial charge on any atom is 0.416 e. The number of hydrogen-bond donors (Lipinski definition) is 4. The third-order valence-electron chi connectivity index (χ3n) is 6.31. The summed E-state index contributed by atoms with van der Waals surface area (Å²) in [7, 11) is 0. The van der Waals surface area contributed by atoms with Crippen LogP contribution in [0.2, 0.25) is 0 Å². The van der Waals surface area contributed by atoms with Crippen LogP contribution in [0.4, 0.5) is 70.1 Å². The maximum atomic E-state index is 13.8. The molecule has 4 N–H and O–H groups in total. The number of halogens is 6. The second-order valence-electron chi connectivity index (χ2n) is 9.49. The number of non-ortho nitro benzene ring substituents is 2. The number of carbonyl (C=O) groups excluding carboxylic acids is 2. The summed E-state index contributed by atoms with van der Waals surface area (Å²) >= 11 is 0. The van der Waals surface area contributed by atoms with Gasteiger partial charge in [0.15, 0.2) is 0 Å². The van der Waals surface area contributed by atoms with Gasteiger partial charge >= 0.3 is 24.4 Å². The molecule has 20 heteroatoms. The van der Waals surface area contributed by atoms with Gasteiger partial charge in [0.1, 0.15) is 22.9 Å². The summed E-state index contributed by atoms with van der Waals surface area (Å²) in [6.07, 6.45) is -9.50. The number of nitro groups is 2. The Hall–Kier alpha value is -6.60. The van der Waals surface area contributed by atoms with E-state index in [2.05, 4.69) is 10.6 Å². The van der Waals surface area contributed by atoms with Gasteiger partial charge in [0.25, 0.3) is 11.4 Å². The summed E-state index contributed by atoms with van der Waals surface area (Å²) in [4.78, 5) is 48.3. The molecule has 4 rings (SSSR count). The smallest absolute Gasteiger partial charge is 0.416 e. The molecule has 0 atom stereocenters. The number of phenols is 2. The van der Waals surface area contributed by atoms with E-state index in [1.807, 2.05) is 0 Å². The molecule has 0 fully saturated rings. The van der Waals surface area contributed by atoms with E-state index in [4.69, 9.17) is 0 Å². The summed E-state index contributed by atoms with van der Waals surface area (Å²) in [5.41, 5.74) is -5.64. The van der Waals surface area contributed by atoms with Crippen molar-refractivity contribution in [3.05, 3.63) is 116 Å². The molecule has 0 saturated heterocycles. The van der Waals surface area contributed by atoms with Gasteiger partial charge in [0, 0.05) is 23.5 Å². The van der Waals surface area contributed by atoms with Gasteiger partial charge in [-0.3, -0.25) is 20.2 Å². The molecule has 14 nitrogen and oxygen atoms in total. The first kappa shape index (κ1) is 34.3. The molecule has 4 amide bonds. The van der Waals surface area contributed by atoms with Crippen molar-refractivity contribution in [1.29, 1.82) is 0 Å². The molecule has 0 spiro atoms. The molecule has 0 unspecified atom stereocenters. The van der Waals surface area contributed by atoms with Crippen LogP contribution < -0.4 is 20.7 Å². The zero-order chi connectivity index (χ0) is 35.6. The number of nitrogens with zero attached hydrogens (tertiary/aromatic N) is 4. The van der Waals surface area contributed by atoms with E-state index in [0.717, 1.165) is 48.5 Å². The molecular weight excluding hydrogens is 662 g/mol. The molecule has 0 heterocycles. The fourth-order valence-electron chi connectivity index (χ4n) is 4.06. The van der Waals surface area contributed by atoms with Crippen LogP contribution in [0.1, 0.15) is 11.1 Å². The molecule has 0 aliphatic carbocycles. The van der Waals surface area contributed by atoms with Crippen LogP contribution in [-0.4, -0.2) is 32.1 Å². The van der Waals surface area contributed by atoms with Crippen LogP contribution in [0.25, 0.3) is 0 Å². The molecule has 0 radical (unpaired) electrons. The van der Waals surface area contributed by atoms with Crippen molar-refractivity contribution in [3.8, 4) is 11.5 Å². The third kappa shape index (κ3) is 7.61. The Labute approximate surface area is 263 Å². The van der Waals surface area contributed by atoms with Crippen LogP contribution >= 0.6 is 0 Å². The van der Waals surface area contributed by atoms with Crippen molar-refractivity contribution >= 4 is 46.2 Å². The Morgan fingerprint density at radius 2 is 0.896 bits per heavy atom. The van der Waals surface area contributed by atoms with Crippen molar-refractivity contribution in [2.24, 2.45) is 0 Å². The fraction of sp³-hybridized carbons (Fsp3) is 0.0714. The highest BCUT2D eigenvalue weighted by molar-refractivity contribution is 6.14. The summed E-state index contributed by atoms with van der Waals surface area (Å²) in [6, 6.07) is 7.03. The Balaban J connectivity index is 1.88. The van der Waals surface area contributed by atoms with Gasteiger partial charge in [-0.25, -0.2) is 9.59 Å². The zero-order valence-corrected chi connectivity index (χ0v) is 23.5. The lowest BCUT2D eigenvalue weighted by atomic mass is 10.2. The lowest BCUT2D eigenvalue weighted by molar-refractivity contribution is -0.385. The molecule has 0 aliphatic rings. The Morgan fingerprint density at radius 1 is 0.583 bits per heavy atom. The highest BCUT2D eigenvalue weighted by Gasteiger charge is 2.36. The average Bonchev–Trinajstić information content (AvgIpc) is 2.99. The zero-order valence-electron chi connectivity index (χ0n) is 23.5. The first-order chi connectivity index (χ1) is 22.4. The normalized spacial score (nSPS) is 11.4. The number of alkyl halides is 6. The summed E-state index contributed by atoms with van der Waals surface area (Å²) in [5.74, 6) is -2.05. The largest absolute Gasteiger partial charge is 0.505 e. The SMILES string of the molecule is O=C(Nc1ccc(C(F)(F)F)cc1)N(c1ccc([N+](=O)[O-])cc1O)N(C(=O)Nc1ccc(C(F)(F)F)cc1)c1ccc([N+](=O)[O-])cc1O. The van der Waals surface area contributed by atoms with Crippen molar-refractivity contribution in [1.82, 2.24) is 0 Å². The van der Waals surface area contributed by atoms with E-state index in [1.54, 1.807) is 0 Å². The minimum Gasteiger partial charge on any atom is -0.505 e.